The molecule has 38 heavy (non-hydrogen) atoms. The Kier molecular flexibility index (Phi) is 6.81. The Morgan fingerprint density at radius 1 is 0.789 bits per heavy atom. The first-order valence-corrected chi connectivity index (χ1v) is 12.3. The number of amides is 2. The SMILES string of the molecule is Cc1ccc(N2C(=O)C(Cl)=C(Nc3ccc(C(=O)Oc4ccc(-c5ccccc5)cc4)cc3)C2=O)c(C)c1. The monoisotopic (exact) mass is 522 g/mol. The second-order valence-electron chi connectivity index (χ2n) is 8.91. The van der Waals surface area contributed by atoms with Crippen LogP contribution in [0.3, 0.4) is 0 Å². The van der Waals surface area contributed by atoms with E-state index in [4.69, 9.17) is 16.3 Å². The highest BCUT2D eigenvalue weighted by Crippen LogP contribution is 2.32. The third-order valence-corrected chi connectivity index (χ3v) is 6.53. The molecule has 1 N–H and O–H groups in total. The van der Waals surface area contributed by atoms with Crippen molar-refractivity contribution >= 4 is 40.8 Å². The lowest BCUT2D eigenvalue weighted by atomic mass is 10.1. The van der Waals surface area contributed by atoms with Gasteiger partial charge in [0.1, 0.15) is 16.5 Å². The van der Waals surface area contributed by atoms with Gasteiger partial charge in [0.2, 0.25) is 0 Å². The number of benzene rings is 4. The van der Waals surface area contributed by atoms with E-state index in [0.717, 1.165) is 27.2 Å². The Morgan fingerprint density at radius 2 is 1.45 bits per heavy atom. The van der Waals surface area contributed by atoms with Gasteiger partial charge in [0.05, 0.1) is 11.3 Å². The number of hydrogen-bond acceptors (Lipinski definition) is 5. The molecule has 0 saturated carbocycles. The fourth-order valence-electron chi connectivity index (χ4n) is 4.23. The Labute approximate surface area is 225 Å². The molecule has 0 aliphatic carbocycles. The number of rotatable bonds is 6. The molecule has 0 bridgehead atoms. The maximum atomic E-state index is 13.1. The molecule has 4 aromatic carbocycles. The van der Waals surface area contributed by atoms with Gasteiger partial charge in [-0.05, 0) is 73.0 Å². The van der Waals surface area contributed by atoms with Crippen molar-refractivity contribution in [1.82, 2.24) is 0 Å². The van der Waals surface area contributed by atoms with Crippen LogP contribution in [0.2, 0.25) is 0 Å². The van der Waals surface area contributed by atoms with Crippen molar-refractivity contribution in [2.45, 2.75) is 13.8 Å². The average Bonchev–Trinajstić information content (AvgIpc) is 3.13. The van der Waals surface area contributed by atoms with E-state index >= 15 is 0 Å². The molecule has 0 aromatic heterocycles. The summed E-state index contributed by atoms with van der Waals surface area (Å²) >= 11 is 6.25. The number of anilines is 2. The molecule has 0 spiro atoms. The van der Waals surface area contributed by atoms with Gasteiger partial charge in [-0.25, -0.2) is 9.69 Å². The number of ether oxygens (including phenoxy) is 1. The van der Waals surface area contributed by atoms with Crippen molar-refractivity contribution < 1.29 is 19.1 Å². The molecule has 0 fully saturated rings. The number of carbonyl (C=O) groups excluding carboxylic acids is 3. The molecule has 0 radical (unpaired) electrons. The van der Waals surface area contributed by atoms with Gasteiger partial charge in [-0.1, -0.05) is 71.8 Å². The molecule has 5 rings (SSSR count). The number of aryl methyl sites for hydroxylation is 2. The van der Waals surface area contributed by atoms with E-state index in [1.807, 2.05) is 68.4 Å². The number of esters is 1. The quantitative estimate of drug-likeness (QED) is 0.175. The van der Waals surface area contributed by atoms with E-state index in [9.17, 15) is 14.4 Å². The van der Waals surface area contributed by atoms with Crippen LogP contribution in [0, 0.1) is 13.8 Å². The highest BCUT2D eigenvalue weighted by atomic mass is 35.5. The van der Waals surface area contributed by atoms with Gasteiger partial charge in [-0.3, -0.25) is 9.59 Å². The summed E-state index contributed by atoms with van der Waals surface area (Å²) in [5, 5.41) is 2.73. The van der Waals surface area contributed by atoms with Crippen LogP contribution >= 0.6 is 11.6 Å². The second-order valence-corrected chi connectivity index (χ2v) is 9.28. The first-order chi connectivity index (χ1) is 18.3. The van der Waals surface area contributed by atoms with Crippen molar-refractivity contribution in [3.8, 4) is 16.9 Å². The topological polar surface area (TPSA) is 75.7 Å². The van der Waals surface area contributed by atoms with E-state index in [0.29, 0.717) is 22.7 Å². The second kappa shape index (κ2) is 10.4. The molecule has 0 saturated heterocycles. The highest BCUT2D eigenvalue weighted by molar-refractivity contribution is 6.53. The van der Waals surface area contributed by atoms with Crippen molar-refractivity contribution in [1.29, 1.82) is 0 Å². The van der Waals surface area contributed by atoms with Gasteiger partial charge in [-0.2, -0.15) is 0 Å². The largest absolute Gasteiger partial charge is 0.423 e. The molecule has 0 atom stereocenters. The summed E-state index contributed by atoms with van der Waals surface area (Å²) in [5.74, 6) is -1.23. The maximum Gasteiger partial charge on any atom is 0.343 e. The van der Waals surface area contributed by atoms with Gasteiger partial charge >= 0.3 is 5.97 Å². The number of nitrogens with zero attached hydrogens (tertiary/aromatic N) is 1. The number of carbonyl (C=O) groups is 3. The lowest BCUT2D eigenvalue weighted by Gasteiger charge is -2.18. The first kappa shape index (κ1) is 25.0. The highest BCUT2D eigenvalue weighted by Gasteiger charge is 2.39. The van der Waals surface area contributed by atoms with Gasteiger partial charge in [0.15, 0.2) is 0 Å². The minimum absolute atomic E-state index is 0.0227. The summed E-state index contributed by atoms with van der Waals surface area (Å²) in [7, 11) is 0. The van der Waals surface area contributed by atoms with Gasteiger partial charge in [0, 0.05) is 5.69 Å². The molecule has 0 unspecified atom stereocenters. The zero-order chi connectivity index (χ0) is 26.8. The number of hydrogen-bond donors (Lipinski definition) is 1. The number of nitrogens with one attached hydrogen (secondary N) is 1. The molecule has 188 valence electrons. The fraction of sp³-hybridized carbons (Fsp3) is 0.0645. The van der Waals surface area contributed by atoms with Crippen LogP contribution in [-0.4, -0.2) is 17.8 Å². The van der Waals surface area contributed by atoms with Crippen LogP contribution in [-0.2, 0) is 9.59 Å². The molecule has 7 heteroatoms. The number of imide groups is 1. The standard InChI is InChI=1S/C31H23ClN2O4/c1-19-8-17-26(20(2)18-19)34-29(35)27(32)28(30(34)36)33-24-13-9-23(10-14-24)31(37)38-25-15-11-22(12-16-25)21-6-4-3-5-7-21/h3-18,33H,1-2H3. The van der Waals surface area contributed by atoms with Crippen molar-refractivity contribution in [2.75, 3.05) is 10.2 Å². The minimum Gasteiger partial charge on any atom is -0.423 e. The van der Waals surface area contributed by atoms with Gasteiger partial charge in [-0.15, -0.1) is 0 Å². The normalized spacial score (nSPS) is 13.2. The predicted molar refractivity (Wildman–Crippen MR) is 148 cm³/mol. The molecular formula is C31H23ClN2O4. The summed E-state index contributed by atoms with van der Waals surface area (Å²) in [6.07, 6.45) is 0. The van der Waals surface area contributed by atoms with E-state index in [-0.39, 0.29) is 10.7 Å². The lowest BCUT2D eigenvalue weighted by molar-refractivity contribution is -0.120. The zero-order valence-electron chi connectivity index (χ0n) is 20.7. The molecule has 6 nitrogen and oxygen atoms in total. The Hall–Kier alpha value is -4.68. The third kappa shape index (κ3) is 4.94. The van der Waals surface area contributed by atoms with Gasteiger partial charge in [0.25, 0.3) is 11.8 Å². The van der Waals surface area contributed by atoms with E-state index in [1.165, 1.54) is 0 Å². The maximum absolute atomic E-state index is 13.1. The lowest BCUT2D eigenvalue weighted by Crippen LogP contribution is -2.32. The van der Waals surface area contributed by atoms with Crippen molar-refractivity contribution in [3.63, 3.8) is 0 Å². The third-order valence-electron chi connectivity index (χ3n) is 6.18. The molecule has 1 aliphatic heterocycles. The minimum atomic E-state index is -0.593. The summed E-state index contributed by atoms with van der Waals surface area (Å²) < 4.78 is 5.50. The van der Waals surface area contributed by atoms with Crippen LogP contribution in [0.5, 0.6) is 5.75 Å². The predicted octanol–water partition coefficient (Wildman–Crippen LogP) is 6.63. The molecule has 1 heterocycles. The van der Waals surface area contributed by atoms with Crippen LogP contribution in [0.4, 0.5) is 11.4 Å². The van der Waals surface area contributed by atoms with Crippen LogP contribution in [0.15, 0.2) is 108 Å². The van der Waals surface area contributed by atoms with Crippen LogP contribution in [0.25, 0.3) is 11.1 Å². The molecule has 4 aromatic rings. The summed E-state index contributed by atoms with van der Waals surface area (Å²) in [5.41, 5.74) is 5.17. The Morgan fingerprint density at radius 3 is 2.11 bits per heavy atom. The van der Waals surface area contributed by atoms with E-state index in [1.54, 1.807) is 42.5 Å². The van der Waals surface area contributed by atoms with Crippen molar-refractivity contribution in [3.05, 3.63) is 124 Å². The summed E-state index contributed by atoms with van der Waals surface area (Å²) in [6.45, 7) is 3.77. The molecular weight excluding hydrogens is 500 g/mol. The average molecular weight is 523 g/mol. The van der Waals surface area contributed by atoms with E-state index in [2.05, 4.69) is 5.32 Å². The first-order valence-electron chi connectivity index (χ1n) is 11.9. The van der Waals surface area contributed by atoms with Crippen molar-refractivity contribution in [2.24, 2.45) is 0 Å². The van der Waals surface area contributed by atoms with Gasteiger partial charge < -0.3 is 10.1 Å². The fourth-order valence-corrected chi connectivity index (χ4v) is 4.44. The summed E-state index contributed by atoms with van der Waals surface area (Å²) in [4.78, 5) is 39.6. The summed E-state index contributed by atoms with van der Waals surface area (Å²) in [6, 6.07) is 29.0. The number of halogens is 1. The van der Waals surface area contributed by atoms with E-state index < -0.39 is 17.8 Å². The molecule has 1 aliphatic rings. The van der Waals surface area contributed by atoms with Crippen LogP contribution < -0.4 is 15.0 Å². The Balaban J connectivity index is 1.26. The molecule has 2 amide bonds. The zero-order valence-corrected chi connectivity index (χ0v) is 21.5. The van der Waals surface area contributed by atoms with Crippen LogP contribution in [0.1, 0.15) is 21.5 Å². The smallest absolute Gasteiger partial charge is 0.343 e. The Bertz CT molecular complexity index is 1580.